The number of aromatic nitrogens is 3. The predicted octanol–water partition coefficient (Wildman–Crippen LogP) is 1.41. The highest BCUT2D eigenvalue weighted by Crippen LogP contribution is 2.18. The highest BCUT2D eigenvalue weighted by atomic mass is 79.9. The molecule has 2 aromatic rings. The van der Waals surface area contributed by atoms with E-state index < -0.39 is 0 Å². The molecule has 2 N–H and O–H groups in total. The molecule has 3 rings (SSSR count). The molecule has 0 unspecified atom stereocenters. The summed E-state index contributed by atoms with van der Waals surface area (Å²) in [7, 11) is 0. The van der Waals surface area contributed by atoms with Gasteiger partial charge in [0.15, 0.2) is 5.75 Å². The van der Waals surface area contributed by atoms with E-state index in [0.29, 0.717) is 44.5 Å². The van der Waals surface area contributed by atoms with Gasteiger partial charge in [-0.25, -0.2) is 14.8 Å². The summed E-state index contributed by atoms with van der Waals surface area (Å²) in [5.41, 5.74) is 6.27. The first-order valence-corrected chi connectivity index (χ1v) is 8.25. The Hall–Kier alpha value is -2.42. The van der Waals surface area contributed by atoms with E-state index in [4.69, 9.17) is 10.5 Å². The van der Waals surface area contributed by atoms with Crippen LogP contribution in [0.5, 0.6) is 5.75 Å². The zero-order valence-corrected chi connectivity index (χ0v) is 14.5. The van der Waals surface area contributed by atoms with Gasteiger partial charge >= 0.3 is 6.03 Å². The van der Waals surface area contributed by atoms with Gasteiger partial charge in [0.05, 0.1) is 12.4 Å². The van der Waals surface area contributed by atoms with Crippen LogP contribution >= 0.6 is 15.9 Å². The summed E-state index contributed by atoms with van der Waals surface area (Å²) in [6.07, 6.45) is 6.74. The molecule has 2 aromatic heterocycles. The third-order valence-electron chi connectivity index (χ3n) is 3.74. The second-order valence-electron chi connectivity index (χ2n) is 5.29. The second kappa shape index (κ2) is 7.43. The number of carbonyl (C=O) groups is 1. The normalized spacial score (nSPS) is 14.5. The van der Waals surface area contributed by atoms with Crippen molar-refractivity contribution >= 4 is 27.9 Å². The number of halogens is 1. The van der Waals surface area contributed by atoms with Crippen molar-refractivity contribution in [1.29, 1.82) is 0 Å². The predicted molar refractivity (Wildman–Crippen MR) is 91.7 cm³/mol. The largest absolute Gasteiger partial charge is 0.486 e. The molecule has 126 valence electrons. The van der Waals surface area contributed by atoms with Crippen molar-refractivity contribution in [2.75, 3.05) is 31.1 Å². The topological polar surface area (TPSA) is 97.5 Å². The summed E-state index contributed by atoms with van der Waals surface area (Å²) in [5, 5.41) is 0. The lowest BCUT2D eigenvalue weighted by molar-refractivity contribution is 0.204. The average molecular weight is 393 g/mol. The molecular formula is C15H17BrN6O2. The van der Waals surface area contributed by atoms with Crippen molar-refractivity contribution in [1.82, 2.24) is 19.9 Å². The summed E-state index contributed by atoms with van der Waals surface area (Å²) in [5.74, 6) is 1.22. The van der Waals surface area contributed by atoms with Gasteiger partial charge < -0.3 is 20.3 Å². The van der Waals surface area contributed by atoms with Gasteiger partial charge in [-0.3, -0.25) is 4.98 Å². The van der Waals surface area contributed by atoms with Gasteiger partial charge in [0.25, 0.3) is 0 Å². The minimum Gasteiger partial charge on any atom is -0.486 e. The maximum Gasteiger partial charge on any atom is 0.314 e. The molecule has 0 aromatic carbocycles. The maximum absolute atomic E-state index is 11.1. The average Bonchev–Trinajstić information content (AvgIpc) is 2.62. The molecule has 0 atom stereocenters. The Morgan fingerprint density at radius 1 is 1.21 bits per heavy atom. The highest BCUT2D eigenvalue weighted by molar-refractivity contribution is 9.10. The van der Waals surface area contributed by atoms with Crippen LogP contribution in [0.1, 0.15) is 5.56 Å². The van der Waals surface area contributed by atoms with Crippen LogP contribution in [0, 0.1) is 0 Å². The van der Waals surface area contributed by atoms with E-state index in [2.05, 4.69) is 30.9 Å². The van der Waals surface area contributed by atoms with E-state index in [0.717, 1.165) is 10.0 Å². The fourth-order valence-electron chi connectivity index (χ4n) is 2.36. The van der Waals surface area contributed by atoms with E-state index in [1.54, 1.807) is 29.7 Å². The number of amides is 2. The molecule has 1 aliphatic rings. The second-order valence-corrected chi connectivity index (χ2v) is 6.14. The Bertz CT molecular complexity index is 703. The van der Waals surface area contributed by atoms with Gasteiger partial charge in [0.2, 0.25) is 5.95 Å². The molecule has 0 aliphatic carbocycles. The minimum absolute atomic E-state index is 0.387. The van der Waals surface area contributed by atoms with Gasteiger partial charge in [-0.1, -0.05) is 0 Å². The molecule has 24 heavy (non-hydrogen) atoms. The van der Waals surface area contributed by atoms with Crippen LogP contribution in [-0.2, 0) is 6.61 Å². The van der Waals surface area contributed by atoms with Crippen molar-refractivity contribution in [2.24, 2.45) is 5.73 Å². The Labute approximate surface area is 147 Å². The first-order valence-electron chi connectivity index (χ1n) is 7.46. The lowest BCUT2D eigenvalue weighted by Crippen LogP contribution is -2.50. The van der Waals surface area contributed by atoms with E-state index in [9.17, 15) is 4.79 Å². The quantitative estimate of drug-likeness (QED) is 0.844. The monoisotopic (exact) mass is 392 g/mol. The van der Waals surface area contributed by atoms with Gasteiger partial charge in [-0.15, -0.1) is 0 Å². The molecule has 0 saturated carbocycles. The van der Waals surface area contributed by atoms with Gasteiger partial charge in [0.1, 0.15) is 6.61 Å². The van der Waals surface area contributed by atoms with Crippen molar-refractivity contribution in [3.63, 3.8) is 0 Å². The summed E-state index contributed by atoms with van der Waals surface area (Å²) in [6.45, 7) is 2.88. The summed E-state index contributed by atoms with van der Waals surface area (Å²) in [4.78, 5) is 27.4. The molecule has 1 aliphatic heterocycles. The molecule has 0 spiro atoms. The first kappa shape index (κ1) is 16.4. The lowest BCUT2D eigenvalue weighted by Gasteiger charge is -2.33. The number of rotatable bonds is 4. The van der Waals surface area contributed by atoms with Gasteiger partial charge in [0, 0.05) is 48.6 Å². The molecule has 0 radical (unpaired) electrons. The number of hydrogen-bond acceptors (Lipinski definition) is 6. The van der Waals surface area contributed by atoms with Crippen LogP contribution in [0.15, 0.2) is 35.3 Å². The van der Waals surface area contributed by atoms with E-state index >= 15 is 0 Å². The molecule has 1 fully saturated rings. The standard InChI is InChI=1S/C15H17BrN6O2/c16-13-9-18-2-1-11(13)10-24-12-7-19-15(20-8-12)22-5-3-21(4-6-22)14(17)23/h1-2,7-9H,3-6,10H2,(H2,17,23). The molecule has 8 nitrogen and oxygen atoms in total. The molecule has 0 bridgehead atoms. The number of piperazine rings is 1. The number of nitrogens with zero attached hydrogens (tertiary/aromatic N) is 5. The van der Waals surface area contributed by atoms with Gasteiger partial charge in [-0.05, 0) is 22.0 Å². The number of hydrogen-bond donors (Lipinski definition) is 1. The minimum atomic E-state index is -0.387. The fraction of sp³-hybridized carbons (Fsp3) is 0.333. The molecular weight excluding hydrogens is 376 g/mol. The van der Waals surface area contributed by atoms with Gasteiger partial charge in [-0.2, -0.15) is 0 Å². The number of nitrogens with two attached hydrogens (primary N) is 1. The number of urea groups is 1. The van der Waals surface area contributed by atoms with Crippen LogP contribution in [0.3, 0.4) is 0 Å². The molecule has 1 saturated heterocycles. The Morgan fingerprint density at radius 2 is 1.92 bits per heavy atom. The number of primary amides is 1. The molecule has 9 heteroatoms. The zero-order valence-electron chi connectivity index (χ0n) is 12.9. The SMILES string of the molecule is NC(=O)N1CCN(c2ncc(OCc3ccncc3Br)cn2)CC1. The van der Waals surface area contributed by atoms with E-state index in [-0.39, 0.29) is 6.03 Å². The number of carbonyl (C=O) groups excluding carboxylic acids is 1. The Kier molecular flexibility index (Phi) is 5.09. The lowest BCUT2D eigenvalue weighted by atomic mass is 10.3. The summed E-state index contributed by atoms with van der Waals surface area (Å²) in [6, 6.07) is 1.50. The van der Waals surface area contributed by atoms with Crippen molar-refractivity contribution < 1.29 is 9.53 Å². The molecule has 2 amide bonds. The number of ether oxygens (including phenoxy) is 1. The van der Waals surface area contributed by atoms with E-state index in [1.165, 1.54) is 0 Å². The van der Waals surface area contributed by atoms with Crippen molar-refractivity contribution in [2.45, 2.75) is 6.61 Å². The van der Waals surface area contributed by atoms with Crippen LogP contribution in [0.2, 0.25) is 0 Å². The van der Waals surface area contributed by atoms with Crippen LogP contribution < -0.4 is 15.4 Å². The number of pyridine rings is 1. The molecule has 3 heterocycles. The third kappa shape index (κ3) is 3.91. The fourth-order valence-corrected chi connectivity index (χ4v) is 2.72. The highest BCUT2D eigenvalue weighted by Gasteiger charge is 2.20. The zero-order chi connectivity index (χ0) is 16.9. The summed E-state index contributed by atoms with van der Waals surface area (Å²) < 4.78 is 6.59. The van der Waals surface area contributed by atoms with Crippen LogP contribution in [0.25, 0.3) is 0 Å². The van der Waals surface area contributed by atoms with Crippen LogP contribution in [-0.4, -0.2) is 52.1 Å². The van der Waals surface area contributed by atoms with Crippen molar-refractivity contribution in [3.8, 4) is 5.75 Å². The Morgan fingerprint density at radius 3 is 2.54 bits per heavy atom. The number of anilines is 1. The van der Waals surface area contributed by atoms with E-state index in [1.807, 2.05) is 11.0 Å². The third-order valence-corrected chi connectivity index (χ3v) is 4.45. The first-order chi connectivity index (χ1) is 11.6. The smallest absolute Gasteiger partial charge is 0.314 e. The Balaban J connectivity index is 1.56. The van der Waals surface area contributed by atoms with Crippen LogP contribution in [0.4, 0.5) is 10.7 Å². The summed E-state index contributed by atoms with van der Waals surface area (Å²) >= 11 is 3.43. The van der Waals surface area contributed by atoms with Crippen molar-refractivity contribution in [3.05, 3.63) is 40.9 Å². The maximum atomic E-state index is 11.1.